The van der Waals surface area contributed by atoms with Crippen molar-refractivity contribution in [3.8, 4) is 22.6 Å². The van der Waals surface area contributed by atoms with Gasteiger partial charge in [0.15, 0.2) is 0 Å². The smallest absolute Gasteiger partial charge is 0.130 e. The maximum Gasteiger partial charge on any atom is 0.130 e. The topological polar surface area (TPSA) is 60.6 Å². The number of nitrogens with zero attached hydrogens (tertiary/aromatic N) is 2. The van der Waals surface area contributed by atoms with Crippen LogP contribution in [0.4, 0.5) is 5.69 Å². The van der Waals surface area contributed by atoms with Crippen LogP contribution >= 0.6 is 0 Å². The van der Waals surface area contributed by atoms with Crippen molar-refractivity contribution in [3.05, 3.63) is 47.7 Å². The molecule has 0 bridgehead atoms. The van der Waals surface area contributed by atoms with Crippen LogP contribution in [-0.2, 0) is 13.1 Å². The molecule has 2 aliphatic rings. The summed E-state index contributed by atoms with van der Waals surface area (Å²) in [6.07, 6.45) is 2.59. The largest absolute Gasteiger partial charge is 0.497 e. The van der Waals surface area contributed by atoms with E-state index in [0.29, 0.717) is 6.04 Å². The molecule has 138 valence electrons. The summed E-state index contributed by atoms with van der Waals surface area (Å²) in [5, 5.41) is 1.02. The van der Waals surface area contributed by atoms with Crippen LogP contribution in [-0.4, -0.2) is 30.1 Å². The van der Waals surface area contributed by atoms with Gasteiger partial charge in [-0.25, -0.2) is 0 Å². The van der Waals surface area contributed by atoms with Crippen molar-refractivity contribution < 1.29 is 9.47 Å². The normalized spacial score (nSPS) is 16.5. The molecule has 5 rings (SSSR count). The molecule has 1 fully saturated rings. The molecule has 1 saturated carbocycles. The lowest BCUT2D eigenvalue weighted by Gasteiger charge is -2.14. The summed E-state index contributed by atoms with van der Waals surface area (Å²) < 4.78 is 11.0. The fourth-order valence-electron chi connectivity index (χ4n) is 4.10. The van der Waals surface area contributed by atoms with Gasteiger partial charge in [-0.3, -0.25) is 9.88 Å². The number of methoxy groups -OCH3 is 2. The molecule has 2 N–H and O–H groups in total. The van der Waals surface area contributed by atoms with Crippen molar-refractivity contribution >= 4 is 16.6 Å². The molecule has 0 atom stereocenters. The van der Waals surface area contributed by atoms with Gasteiger partial charge in [-0.1, -0.05) is 18.2 Å². The molecule has 1 aliphatic heterocycles. The van der Waals surface area contributed by atoms with E-state index in [4.69, 9.17) is 20.2 Å². The average molecular weight is 361 g/mol. The number of benzene rings is 2. The first-order chi connectivity index (χ1) is 13.2. The number of hydrogen-bond acceptors (Lipinski definition) is 5. The molecule has 0 unspecified atom stereocenters. The van der Waals surface area contributed by atoms with Gasteiger partial charge in [0.2, 0.25) is 0 Å². The highest BCUT2D eigenvalue weighted by atomic mass is 16.5. The van der Waals surface area contributed by atoms with Crippen molar-refractivity contribution in [2.75, 3.05) is 20.0 Å². The molecule has 2 aromatic carbocycles. The number of ether oxygens (including phenoxy) is 2. The summed E-state index contributed by atoms with van der Waals surface area (Å²) >= 11 is 0. The molecule has 27 heavy (non-hydrogen) atoms. The molecule has 3 aromatic rings. The summed E-state index contributed by atoms with van der Waals surface area (Å²) in [5.41, 5.74) is 12.8. The van der Waals surface area contributed by atoms with Crippen molar-refractivity contribution in [1.82, 2.24) is 9.88 Å². The fourth-order valence-corrected chi connectivity index (χ4v) is 4.10. The highest BCUT2D eigenvalue weighted by Gasteiger charge is 2.35. The first-order valence-electron chi connectivity index (χ1n) is 9.36. The molecule has 5 nitrogen and oxygen atoms in total. The SMILES string of the molecule is COc1ccc(-c2cccc3c(N)c4c(nc23)CN(C2CC2)C4)c(OC)c1. The Morgan fingerprint density at radius 2 is 1.89 bits per heavy atom. The third-order valence-electron chi connectivity index (χ3n) is 5.72. The molecule has 0 amide bonds. The van der Waals surface area contributed by atoms with Crippen molar-refractivity contribution in [2.45, 2.75) is 32.0 Å². The predicted molar refractivity (Wildman–Crippen MR) is 107 cm³/mol. The van der Waals surface area contributed by atoms with Crippen molar-refractivity contribution in [2.24, 2.45) is 0 Å². The standard InChI is InChI=1S/C22H23N3O2/c1-26-14-8-9-15(20(10-14)27-2)16-4-3-5-17-21(23)18-11-25(13-6-7-13)12-19(18)24-22(16)17/h3-5,8-10,13H,6-7,11-12H2,1-2H3,(H2,23,24). The minimum Gasteiger partial charge on any atom is -0.497 e. The number of anilines is 1. The minimum atomic E-state index is 0.711. The van der Waals surface area contributed by atoms with Gasteiger partial charge < -0.3 is 15.2 Å². The van der Waals surface area contributed by atoms with Crippen LogP contribution in [0.2, 0.25) is 0 Å². The van der Waals surface area contributed by atoms with E-state index in [2.05, 4.69) is 17.0 Å². The van der Waals surface area contributed by atoms with Crippen LogP contribution in [0.15, 0.2) is 36.4 Å². The molecular weight excluding hydrogens is 338 g/mol. The number of aromatic nitrogens is 1. The van der Waals surface area contributed by atoms with E-state index in [1.54, 1.807) is 14.2 Å². The second-order valence-corrected chi connectivity index (χ2v) is 7.35. The monoisotopic (exact) mass is 361 g/mol. The lowest BCUT2D eigenvalue weighted by molar-refractivity contribution is 0.272. The zero-order valence-electron chi connectivity index (χ0n) is 15.7. The van der Waals surface area contributed by atoms with E-state index in [0.717, 1.165) is 58.0 Å². The van der Waals surface area contributed by atoms with E-state index in [9.17, 15) is 0 Å². The Hall–Kier alpha value is -2.79. The van der Waals surface area contributed by atoms with Gasteiger partial charge >= 0.3 is 0 Å². The number of nitrogens with two attached hydrogens (primary N) is 1. The summed E-state index contributed by atoms with van der Waals surface area (Å²) in [5.74, 6) is 1.53. The summed E-state index contributed by atoms with van der Waals surface area (Å²) in [7, 11) is 3.33. The Morgan fingerprint density at radius 3 is 2.63 bits per heavy atom. The number of nitrogen functional groups attached to an aromatic ring is 1. The molecule has 0 spiro atoms. The lowest BCUT2D eigenvalue weighted by Crippen LogP contribution is -2.18. The highest BCUT2D eigenvalue weighted by Crippen LogP contribution is 2.42. The lowest BCUT2D eigenvalue weighted by atomic mass is 9.98. The molecule has 1 aromatic heterocycles. The van der Waals surface area contributed by atoms with Crippen LogP contribution in [0, 0.1) is 0 Å². The van der Waals surface area contributed by atoms with E-state index in [1.807, 2.05) is 24.3 Å². The first-order valence-corrected chi connectivity index (χ1v) is 9.36. The molecule has 2 heterocycles. The summed E-state index contributed by atoms with van der Waals surface area (Å²) in [6, 6.07) is 12.8. The Kier molecular flexibility index (Phi) is 3.72. The van der Waals surface area contributed by atoms with Gasteiger partial charge in [-0.15, -0.1) is 0 Å². The van der Waals surface area contributed by atoms with Gasteiger partial charge in [-0.05, 0) is 25.0 Å². The number of rotatable bonds is 4. The predicted octanol–water partition coefficient (Wildman–Crippen LogP) is 3.98. The molecule has 1 aliphatic carbocycles. The molecule has 5 heteroatoms. The third-order valence-corrected chi connectivity index (χ3v) is 5.72. The Balaban J connectivity index is 1.69. The van der Waals surface area contributed by atoms with E-state index in [1.165, 1.54) is 18.4 Å². The number of para-hydroxylation sites is 1. The maximum atomic E-state index is 6.60. The van der Waals surface area contributed by atoms with Crippen LogP contribution < -0.4 is 15.2 Å². The Bertz CT molecular complexity index is 1040. The molecular formula is C22H23N3O2. The number of hydrogen-bond donors (Lipinski definition) is 1. The maximum absolute atomic E-state index is 6.60. The fraction of sp³-hybridized carbons (Fsp3) is 0.318. The van der Waals surface area contributed by atoms with Gasteiger partial charge in [0.1, 0.15) is 11.5 Å². The highest BCUT2D eigenvalue weighted by molar-refractivity contribution is 6.02. The Morgan fingerprint density at radius 1 is 1.04 bits per heavy atom. The summed E-state index contributed by atoms with van der Waals surface area (Å²) in [6.45, 7) is 1.82. The van der Waals surface area contributed by atoms with Gasteiger partial charge in [-0.2, -0.15) is 0 Å². The van der Waals surface area contributed by atoms with Gasteiger partial charge in [0.25, 0.3) is 0 Å². The third kappa shape index (κ3) is 2.61. The molecule has 0 saturated heterocycles. The average Bonchev–Trinajstić information content (AvgIpc) is 3.47. The molecule has 0 radical (unpaired) electrons. The van der Waals surface area contributed by atoms with E-state index in [-0.39, 0.29) is 0 Å². The van der Waals surface area contributed by atoms with Crippen molar-refractivity contribution in [3.63, 3.8) is 0 Å². The minimum absolute atomic E-state index is 0.711. The second-order valence-electron chi connectivity index (χ2n) is 7.35. The number of fused-ring (bicyclic) bond motifs is 2. The second kappa shape index (κ2) is 6.13. The van der Waals surface area contributed by atoms with Crippen molar-refractivity contribution in [1.29, 1.82) is 0 Å². The summed E-state index contributed by atoms with van der Waals surface area (Å²) in [4.78, 5) is 7.56. The van der Waals surface area contributed by atoms with E-state index < -0.39 is 0 Å². The zero-order valence-corrected chi connectivity index (χ0v) is 15.7. The first kappa shape index (κ1) is 16.4. The van der Waals surface area contributed by atoms with Gasteiger partial charge in [0, 0.05) is 53.0 Å². The Labute approximate surface area is 158 Å². The van der Waals surface area contributed by atoms with Crippen LogP contribution in [0.25, 0.3) is 22.0 Å². The zero-order chi connectivity index (χ0) is 18.5. The van der Waals surface area contributed by atoms with Crippen LogP contribution in [0.3, 0.4) is 0 Å². The number of pyridine rings is 1. The quantitative estimate of drug-likeness (QED) is 0.762. The van der Waals surface area contributed by atoms with Gasteiger partial charge in [0.05, 0.1) is 25.4 Å². The van der Waals surface area contributed by atoms with Crippen LogP contribution in [0.5, 0.6) is 11.5 Å². The van der Waals surface area contributed by atoms with Crippen LogP contribution in [0.1, 0.15) is 24.1 Å². The van der Waals surface area contributed by atoms with E-state index >= 15 is 0 Å².